The van der Waals surface area contributed by atoms with Crippen LogP contribution in [0.1, 0.15) is 0 Å². The molecule has 7 heteroatoms. The van der Waals surface area contributed by atoms with Crippen molar-refractivity contribution in [2.24, 2.45) is 5.73 Å². The average molecular weight is 294 g/mol. The van der Waals surface area contributed by atoms with E-state index in [9.17, 15) is 9.59 Å². The quantitative estimate of drug-likeness (QED) is 0.640. The van der Waals surface area contributed by atoms with Crippen LogP contribution in [-0.2, 0) is 4.79 Å². The molecule has 1 aromatic rings. The largest absolute Gasteiger partial charge is 0.368 e. The number of halogens is 1. The zero-order valence-electron chi connectivity index (χ0n) is 6.50. The van der Waals surface area contributed by atoms with E-state index in [1.54, 1.807) is 0 Å². The average Bonchev–Trinajstić information content (AvgIpc) is 2.07. The lowest BCUT2D eigenvalue weighted by atomic mass is 10.5. The van der Waals surface area contributed by atoms with Crippen LogP contribution in [0.4, 0.5) is 5.82 Å². The topological polar surface area (TPSA) is 101 Å². The number of carbonyl (C=O) groups is 1. The third-order valence-electron chi connectivity index (χ3n) is 1.23. The van der Waals surface area contributed by atoms with Crippen molar-refractivity contribution >= 4 is 34.3 Å². The first-order valence-electron chi connectivity index (χ1n) is 3.36. The number of carbonyl (C=O) groups excluding carboxylic acids is 1. The Morgan fingerprint density at radius 1 is 1.77 bits per heavy atom. The van der Waals surface area contributed by atoms with E-state index in [1.165, 1.54) is 6.33 Å². The van der Waals surface area contributed by atoms with E-state index in [4.69, 9.17) is 5.73 Å². The number of aromatic nitrogens is 2. The van der Waals surface area contributed by atoms with Crippen LogP contribution in [0.25, 0.3) is 0 Å². The molecule has 0 atom stereocenters. The van der Waals surface area contributed by atoms with Gasteiger partial charge >= 0.3 is 0 Å². The Balaban J connectivity index is 2.83. The number of hydrogen-bond acceptors (Lipinski definition) is 4. The number of aromatic amines is 1. The predicted octanol–water partition coefficient (Wildman–Crippen LogP) is -0.728. The lowest BCUT2D eigenvalue weighted by Crippen LogP contribution is -2.24. The van der Waals surface area contributed by atoms with Crippen molar-refractivity contribution < 1.29 is 4.79 Å². The zero-order chi connectivity index (χ0) is 9.84. The molecule has 0 saturated heterocycles. The summed E-state index contributed by atoms with van der Waals surface area (Å²) >= 11 is 1.83. The highest BCUT2D eigenvalue weighted by atomic mass is 127. The molecule has 0 aliphatic rings. The molecule has 6 nitrogen and oxygen atoms in total. The first-order valence-corrected chi connectivity index (χ1v) is 4.44. The number of amides is 1. The molecule has 0 fully saturated rings. The van der Waals surface area contributed by atoms with Crippen molar-refractivity contribution in [3.8, 4) is 0 Å². The van der Waals surface area contributed by atoms with Crippen molar-refractivity contribution in [1.29, 1.82) is 0 Å². The number of anilines is 1. The van der Waals surface area contributed by atoms with E-state index in [-0.39, 0.29) is 12.1 Å². The molecule has 1 rings (SSSR count). The first-order chi connectivity index (χ1) is 6.11. The minimum atomic E-state index is -0.502. The number of primary amides is 1. The lowest BCUT2D eigenvalue weighted by molar-refractivity contribution is -0.116. The number of nitrogens with one attached hydrogen (secondary N) is 2. The number of nitrogens with zero attached hydrogens (tertiary/aromatic N) is 1. The Kier molecular flexibility index (Phi) is 3.23. The van der Waals surface area contributed by atoms with Gasteiger partial charge in [-0.2, -0.15) is 0 Å². The second kappa shape index (κ2) is 4.21. The fourth-order valence-corrected chi connectivity index (χ4v) is 1.16. The molecule has 1 aromatic heterocycles. The Bertz CT molecular complexity index is 375. The molecule has 0 aromatic carbocycles. The summed E-state index contributed by atoms with van der Waals surface area (Å²) in [4.78, 5) is 27.7. The Hall–Kier alpha value is -1.12. The van der Waals surface area contributed by atoms with Gasteiger partial charge in [0.2, 0.25) is 5.91 Å². The molecule has 0 spiro atoms. The molecule has 1 heterocycles. The van der Waals surface area contributed by atoms with Crippen LogP contribution in [0.15, 0.2) is 11.1 Å². The molecule has 4 N–H and O–H groups in total. The molecule has 0 saturated carbocycles. The van der Waals surface area contributed by atoms with Crippen LogP contribution in [0.3, 0.4) is 0 Å². The normalized spacial score (nSPS) is 9.62. The van der Waals surface area contributed by atoms with E-state index in [0.717, 1.165) is 0 Å². The van der Waals surface area contributed by atoms with E-state index < -0.39 is 5.91 Å². The minimum Gasteiger partial charge on any atom is -0.368 e. The van der Waals surface area contributed by atoms with Crippen LogP contribution in [0.2, 0.25) is 0 Å². The zero-order valence-corrected chi connectivity index (χ0v) is 8.66. The molecule has 0 aliphatic carbocycles. The van der Waals surface area contributed by atoms with Gasteiger partial charge in [-0.05, 0) is 22.6 Å². The summed E-state index contributed by atoms with van der Waals surface area (Å²) in [5, 5.41) is 2.64. The van der Waals surface area contributed by atoms with E-state index in [2.05, 4.69) is 15.3 Å². The molecule has 13 heavy (non-hydrogen) atoms. The highest BCUT2D eigenvalue weighted by Gasteiger charge is 2.04. The predicted molar refractivity (Wildman–Crippen MR) is 55.3 cm³/mol. The van der Waals surface area contributed by atoms with Crippen molar-refractivity contribution in [3.63, 3.8) is 0 Å². The van der Waals surface area contributed by atoms with Crippen molar-refractivity contribution in [2.45, 2.75) is 0 Å². The fourth-order valence-electron chi connectivity index (χ4n) is 0.677. The van der Waals surface area contributed by atoms with Gasteiger partial charge in [0.15, 0.2) is 0 Å². The van der Waals surface area contributed by atoms with Gasteiger partial charge in [-0.25, -0.2) is 4.98 Å². The molecular weight excluding hydrogens is 287 g/mol. The van der Waals surface area contributed by atoms with Gasteiger partial charge in [0.1, 0.15) is 9.39 Å². The summed E-state index contributed by atoms with van der Waals surface area (Å²) in [6.07, 6.45) is 1.26. The van der Waals surface area contributed by atoms with Crippen molar-refractivity contribution in [3.05, 3.63) is 20.3 Å². The van der Waals surface area contributed by atoms with Crippen molar-refractivity contribution in [1.82, 2.24) is 9.97 Å². The lowest BCUT2D eigenvalue weighted by Gasteiger charge is -2.02. The maximum Gasteiger partial charge on any atom is 0.266 e. The molecular formula is C6H7IN4O2. The van der Waals surface area contributed by atoms with Gasteiger partial charge in [0, 0.05) is 0 Å². The van der Waals surface area contributed by atoms with Crippen molar-refractivity contribution in [2.75, 3.05) is 11.9 Å². The second-order valence-electron chi connectivity index (χ2n) is 2.21. The van der Waals surface area contributed by atoms with Crippen LogP contribution < -0.4 is 16.6 Å². The monoisotopic (exact) mass is 294 g/mol. The Morgan fingerprint density at radius 3 is 3.08 bits per heavy atom. The first kappa shape index (κ1) is 9.96. The Labute approximate surface area is 87.1 Å². The maximum absolute atomic E-state index is 11.0. The molecule has 0 radical (unpaired) electrons. The number of rotatable bonds is 3. The van der Waals surface area contributed by atoms with Gasteiger partial charge in [-0.1, -0.05) is 0 Å². The van der Waals surface area contributed by atoms with Gasteiger partial charge in [-0.15, -0.1) is 0 Å². The summed E-state index contributed by atoms with van der Waals surface area (Å²) in [7, 11) is 0. The van der Waals surface area contributed by atoms with Gasteiger partial charge in [0.05, 0.1) is 12.9 Å². The van der Waals surface area contributed by atoms with E-state index >= 15 is 0 Å². The minimum absolute atomic E-state index is 0.0353. The van der Waals surface area contributed by atoms with Crippen LogP contribution in [0, 0.1) is 3.57 Å². The highest BCUT2D eigenvalue weighted by molar-refractivity contribution is 14.1. The number of nitrogens with two attached hydrogens (primary N) is 1. The van der Waals surface area contributed by atoms with Gasteiger partial charge in [0.25, 0.3) is 5.56 Å². The SMILES string of the molecule is NC(=O)CNc1nc[nH]c(=O)c1I. The molecule has 70 valence electrons. The third-order valence-corrected chi connectivity index (χ3v) is 2.23. The van der Waals surface area contributed by atoms with E-state index in [0.29, 0.717) is 9.39 Å². The van der Waals surface area contributed by atoms with Crippen LogP contribution in [0.5, 0.6) is 0 Å². The Morgan fingerprint density at radius 2 is 2.46 bits per heavy atom. The summed E-state index contributed by atoms with van der Waals surface area (Å²) in [6.45, 7) is -0.0353. The van der Waals surface area contributed by atoms with Gasteiger partial charge < -0.3 is 16.0 Å². The fraction of sp³-hybridized carbons (Fsp3) is 0.167. The summed E-state index contributed by atoms with van der Waals surface area (Å²) in [5.41, 5.74) is 4.66. The van der Waals surface area contributed by atoms with Gasteiger partial charge in [-0.3, -0.25) is 9.59 Å². The molecule has 1 amide bonds. The van der Waals surface area contributed by atoms with E-state index in [1.807, 2.05) is 22.6 Å². The standard InChI is InChI=1S/C6H7IN4O2/c7-4-5(9-1-3(8)12)10-2-11-6(4)13/h2H,1H2,(H2,8,12)(H2,9,10,11,13). The van der Waals surface area contributed by atoms with Crippen LogP contribution in [-0.4, -0.2) is 22.4 Å². The number of H-pyrrole nitrogens is 1. The third kappa shape index (κ3) is 2.68. The summed E-state index contributed by atoms with van der Waals surface area (Å²) in [6, 6.07) is 0. The second-order valence-corrected chi connectivity index (χ2v) is 3.29. The molecule has 0 aliphatic heterocycles. The smallest absolute Gasteiger partial charge is 0.266 e. The molecule has 0 bridgehead atoms. The summed E-state index contributed by atoms with van der Waals surface area (Å²) < 4.78 is 0.404. The number of hydrogen-bond donors (Lipinski definition) is 3. The highest BCUT2D eigenvalue weighted by Crippen LogP contribution is 2.07. The maximum atomic E-state index is 11.0. The van der Waals surface area contributed by atoms with Crippen LogP contribution >= 0.6 is 22.6 Å². The molecule has 0 unspecified atom stereocenters. The summed E-state index contributed by atoms with van der Waals surface area (Å²) in [5.74, 6) is -0.138.